The number of hydrogen-bond acceptors (Lipinski definition) is 4. The standard InChI is InChI=1S/C23H30N2O3S/c1-23(2,3)22(27)24(13-14-28-4)16-20(26)25-12-10-19-18(11-15-29-19)21(25)17-8-6-5-7-9-17/h5-9,11,15,21H,10,12-14,16H2,1-4H3/t21-/m0/s1. The predicted molar refractivity (Wildman–Crippen MR) is 116 cm³/mol. The zero-order valence-corrected chi connectivity index (χ0v) is 18.5. The zero-order valence-electron chi connectivity index (χ0n) is 17.7. The van der Waals surface area contributed by atoms with Crippen molar-refractivity contribution < 1.29 is 14.3 Å². The number of benzene rings is 1. The smallest absolute Gasteiger partial charge is 0.242 e. The van der Waals surface area contributed by atoms with Gasteiger partial charge in [-0.1, -0.05) is 51.1 Å². The summed E-state index contributed by atoms with van der Waals surface area (Å²) in [7, 11) is 1.61. The molecule has 0 fully saturated rings. The number of thiophene rings is 1. The number of amides is 2. The molecule has 0 N–H and O–H groups in total. The van der Waals surface area contributed by atoms with Gasteiger partial charge in [0.2, 0.25) is 11.8 Å². The Balaban J connectivity index is 1.87. The fourth-order valence-electron chi connectivity index (χ4n) is 3.76. The van der Waals surface area contributed by atoms with Crippen molar-refractivity contribution in [3.05, 3.63) is 57.8 Å². The molecule has 0 saturated heterocycles. The number of hydrogen-bond donors (Lipinski definition) is 0. The van der Waals surface area contributed by atoms with E-state index in [0.717, 1.165) is 12.0 Å². The number of methoxy groups -OCH3 is 1. The van der Waals surface area contributed by atoms with Crippen LogP contribution in [0.25, 0.3) is 0 Å². The Bertz CT molecular complexity index is 841. The summed E-state index contributed by atoms with van der Waals surface area (Å²) in [5.41, 5.74) is 1.76. The van der Waals surface area contributed by atoms with Gasteiger partial charge in [0.25, 0.3) is 0 Å². The molecular weight excluding hydrogens is 384 g/mol. The molecule has 1 aromatic heterocycles. The molecule has 5 nitrogen and oxygen atoms in total. The number of fused-ring (bicyclic) bond motifs is 1. The third kappa shape index (κ3) is 4.87. The Hall–Kier alpha value is -2.18. The van der Waals surface area contributed by atoms with Gasteiger partial charge in [0.15, 0.2) is 0 Å². The van der Waals surface area contributed by atoms with E-state index in [9.17, 15) is 9.59 Å². The molecule has 0 bridgehead atoms. The molecule has 29 heavy (non-hydrogen) atoms. The Morgan fingerprint density at radius 3 is 2.59 bits per heavy atom. The molecule has 1 atom stereocenters. The normalized spacial score (nSPS) is 16.4. The summed E-state index contributed by atoms with van der Waals surface area (Å²) in [5.74, 6) is -0.0585. The predicted octanol–water partition coefficient (Wildman–Crippen LogP) is 3.74. The lowest BCUT2D eigenvalue weighted by molar-refractivity contribution is -0.147. The van der Waals surface area contributed by atoms with E-state index in [1.165, 1.54) is 10.4 Å². The highest BCUT2D eigenvalue weighted by atomic mass is 32.1. The average Bonchev–Trinajstić information content (AvgIpc) is 3.18. The van der Waals surface area contributed by atoms with Crippen LogP contribution in [0.15, 0.2) is 41.8 Å². The molecular formula is C23H30N2O3S. The maximum Gasteiger partial charge on any atom is 0.242 e. The number of ether oxygens (including phenoxy) is 1. The minimum Gasteiger partial charge on any atom is -0.383 e. The van der Waals surface area contributed by atoms with Gasteiger partial charge in [-0.05, 0) is 29.0 Å². The quantitative estimate of drug-likeness (QED) is 0.723. The van der Waals surface area contributed by atoms with Crippen molar-refractivity contribution in [1.29, 1.82) is 0 Å². The molecule has 2 amide bonds. The molecule has 0 spiro atoms. The third-order valence-electron chi connectivity index (χ3n) is 5.22. The molecule has 0 saturated carbocycles. The molecule has 2 heterocycles. The van der Waals surface area contributed by atoms with Crippen LogP contribution in [0.1, 0.15) is 42.8 Å². The SMILES string of the molecule is COCCN(CC(=O)N1CCc2sccc2[C@@H]1c1ccccc1)C(=O)C(C)(C)C. The first-order chi connectivity index (χ1) is 13.8. The van der Waals surface area contributed by atoms with Crippen molar-refractivity contribution in [3.8, 4) is 0 Å². The van der Waals surface area contributed by atoms with Crippen molar-refractivity contribution in [2.24, 2.45) is 5.41 Å². The summed E-state index contributed by atoms with van der Waals surface area (Å²) >= 11 is 1.75. The fraction of sp³-hybridized carbons (Fsp3) is 0.478. The number of carbonyl (C=O) groups excluding carboxylic acids is 2. The highest BCUT2D eigenvalue weighted by Gasteiger charge is 2.35. The van der Waals surface area contributed by atoms with Crippen molar-refractivity contribution in [2.75, 3.05) is 33.4 Å². The second-order valence-corrected chi connectivity index (χ2v) is 9.42. The lowest BCUT2D eigenvalue weighted by Gasteiger charge is -2.38. The van der Waals surface area contributed by atoms with Gasteiger partial charge >= 0.3 is 0 Å². The second-order valence-electron chi connectivity index (χ2n) is 8.42. The molecule has 1 aromatic carbocycles. The number of rotatable bonds is 6. The maximum absolute atomic E-state index is 13.4. The van der Waals surface area contributed by atoms with E-state index >= 15 is 0 Å². The molecule has 0 radical (unpaired) electrons. The van der Waals surface area contributed by atoms with Gasteiger partial charge in [-0.2, -0.15) is 0 Å². The highest BCUT2D eigenvalue weighted by Crippen LogP contribution is 2.37. The van der Waals surface area contributed by atoms with E-state index < -0.39 is 5.41 Å². The van der Waals surface area contributed by atoms with Crippen LogP contribution in [0.4, 0.5) is 0 Å². The summed E-state index contributed by atoms with van der Waals surface area (Å²) in [5, 5.41) is 2.10. The van der Waals surface area contributed by atoms with Crippen LogP contribution >= 0.6 is 11.3 Å². The molecule has 0 aliphatic carbocycles. The average molecular weight is 415 g/mol. The van der Waals surface area contributed by atoms with Crippen LogP contribution in [0.3, 0.4) is 0 Å². The maximum atomic E-state index is 13.4. The van der Waals surface area contributed by atoms with Crippen LogP contribution in [0, 0.1) is 5.41 Å². The number of nitrogens with zero attached hydrogens (tertiary/aromatic N) is 2. The van der Waals surface area contributed by atoms with Gasteiger partial charge in [0.05, 0.1) is 19.2 Å². The van der Waals surface area contributed by atoms with Crippen LogP contribution in [0.5, 0.6) is 0 Å². The minimum atomic E-state index is -0.546. The van der Waals surface area contributed by atoms with Crippen LogP contribution < -0.4 is 0 Å². The first kappa shape index (κ1) is 21.5. The van der Waals surface area contributed by atoms with Gasteiger partial charge in [-0.25, -0.2) is 0 Å². The summed E-state index contributed by atoms with van der Waals surface area (Å²) in [6, 6.07) is 12.2. The molecule has 1 aliphatic rings. The van der Waals surface area contributed by atoms with Gasteiger partial charge in [-0.15, -0.1) is 11.3 Å². The molecule has 1 aliphatic heterocycles. The summed E-state index contributed by atoms with van der Waals surface area (Å²) in [4.78, 5) is 31.2. The van der Waals surface area contributed by atoms with Crippen molar-refractivity contribution in [3.63, 3.8) is 0 Å². The van der Waals surface area contributed by atoms with E-state index in [4.69, 9.17) is 4.74 Å². The Morgan fingerprint density at radius 2 is 1.93 bits per heavy atom. The van der Waals surface area contributed by atoms with Gasteiger partial charge in [-0.3, -0.25) is 9.59 Å². The van der Waals surface area contributed by atoms with Crippen molar-refractivity contribution in [1.82, 2.24) is 9.80 Å². The Kier molecular flexibility index (Phi) is 6.75. The Morgan fingerprint density at radius 1 is 1.21 bits per heavy atom. The first-order valence-corrected chi connectivity index (χ1v) is 10.9. The highest BCUT2D eigenvalue weighted by molar-refractivity contribution is 7.10. The molecule has 6 heteroatoms. The Labute approximate surface area is 177 Å². The molecule has 2 aromatic rings. The van der Waals surface area contributed by atoms with Crippen molar-refractivity contribution >= 4 is 23.2 Å². The van der Waals surface area contributed by atoms with Gasteiger partial charge < -0.3 is 14.5 Å². The minimum absolute atomic E-state index is 0.0237. The zero-order chi connectivity index (χ0) is 21.0. The molecule has 156 valence electrons. The largest absolute Gasteiger partial charge is 0.383 e. The van der Waals surface area contributed by atoms with Gasteiger partial charge in [0, 0.05) is 30.5 Å². The van der Waals surface area contributed by atoms with E-state index in [0.29, 0.717) is 19.7 Å². The van der Waals surface area contributed by atoms with Gasteiger partial charge in [0.1, 0.15) is 0 Å². The topological polar surface area (TPSA) is 49.9 Å². The summed E-state index contributed by atoms with van der Waals surface area (Å²) < 4.78 is 5.17. The first-order valence-electron chi connectivity index (χ1n) is 10.0. The van der Waals surface area contributed by atoms with E-state index in [-0.39, 0.29) is 24.4 Å². The van der Waals surface area contributed by atoms with Crippen LogP contribution in [-0.4, -0.2) is 55.0 Å². The van der Waals surface area contributed by atoms with Crippen molar-refractivity contribution in [2.45, 2.75) is 33.2 Å². The fourth-order valence-corrected chi connectivity index (χ4v) is 4.67. The monoisotopic (exact) mass is 414 g/mol. The van der Waals surface area contributed by atoms with E-state index in [2.05, 4.69) is 23.6 Å². The lowest BCUT2D eigenvalue weighted by atomic mass is 9.92. The lowest BCUT2D eigenvalue weighted by Crippen LogP contribution is -2.49. The van der Waals surface area contributed by atoms with E-state index in [1.807, 2.05) is 43.9 Å². The number of carbonyl (C=O) groups is 2. The van der Waals surface area contributed by atoms with Crippen LogP contribution in [-0.2, 0) is 20.7 Å². The summed E-state index contributed by atoms with van der Waals surface area (Å²) in [6.45, 7) is 7.19. The molecule has 3 rings (SSSR count). The van der Waals surface area contributed by atoms with Crippen LogP contribution in [0.2, 0.25) is 0 Å². The summed E-state index contributed by atoms with van der Waals surface area (Å²) in [6.07, 6.45) is 0.855. The third-order valence-corrected chi connectivity index (χ3v) is 6.22. The molecule has 0 unspecified atom stereocenters. The van der Waals surface area contributed by atoms with E-state index in [1.54, 1.807) is 23.3 Å². The second kappa shape index (κ2) is 9.09.